The van der Waals surface area contributed by atoms with Crippen molar-refractivity contribution in [2.24, 2.45) is 5.73 Å². The van der Waals surface area contributed by atoms with Gasteiger partial charge >= 0.3 is 6.18 Å². The molecule has 0 bridgehead atoms. The highest BCUT2D eigenvalue weighted by Crippen LogP contribution is 2.33. The second-order valence-corrected chi connectivity index (χ2v) is 3.44. The molecule has 0 saturated heterocycles. The predicted molar refractivity (Wildman–Crippen MR) is 57.7 cm³/mol. The molecule has 0 unspecified atom stereocenters. The number of nitrogens with two attached hydrogens (primary N) is 1. The fourth-order valence-corrected chi connectivity index (χ4v) is 1.34. The van der Waals surface area contributed by atoms with Crippen molar-refractivity contribution < 1.29 is 18.3 Å². The minimum absolute atomic E-state index is 0. The van der Waals surface area contributed by atoms with Gasteiger partial charge in [0.15, 0.2) is 0 Å². The van der Waals surface area contributed by atoms with Crippen LogP contribution in [-0.2, 0) is 0 Å². The van der Waals surface area contributed by atoms with Crippen molar-refractivity contribution in [2.75, 3.05) is 0 Å². The molecular formula is C10H13ClF3NO. The number of para-hydroxylation sites is 1. The number of rotatable bonds is 2. The second-order valence-electron chi connectivity index (χ2n) is 3.44. The minimum atomic E-state index is -4.32. The summed E-state index contributed by atoms with van der Waals surface area (Å²) in [7, 11) is 0. The van der Waals surface area contributed by atoms with Gasteiger partial charge in [0, 0.05) is 11.6 Å². The van der Waals surface area contributed by atoms with Crippen LogP contribution in [0.5, 0.6) is 5.75 Å². The maximum absolute atomic E-state index is 12.1. The number of phenolic OH excluding ortho intramolecular Hbond substituents is 1. The first-order valence-corrected chi connectivity index (χ1v) is 4.42. The summed E-state index contributed by atoms with van der Waals surface area (Å²) in [5.74, 6) is -0.158. The summed E-state index contributed by atoms with van der Waals surface area (Å²) in [4.78, 5) is 0. The number of hydrogen-bond acceptors (Lipinski definition) is 2. The Morgan fingerprint density at radius 2 is 1.94 bits per heavy atom. The van der Waals surface area contributed by atoms with Gasteiger partial charge in [-0.15, -0.1) is 12.4 Å². The third-order valence-electron chi connectivity index (χ3n) is 2.12. The van der Waals surface area contributed by atoms with Gasteiger partial charge in [0.2, 0.25) is 0 Å². The molecule has 3 N–H and O–H groups in total. The zero-order chi connectivity index (χ0) is 11.6. The molecule has 0 spiro atoms. The topological polar surface area (TPSA) is 46.2 Å². The van der Waals surface area contributed by atoms with E-state index in [1.807, 2.05) is 0 Å². The van der Waals surface area contributed by atoms with E-state index < -0.39 is 18.6 Å². The van der Waals surface area contributed by atoms with Crippen LogP contribution in [0.2, 0.25) is 0 Å². The van der Waals surface area contributed by atoms with E-state index in [2.05, 4.69) is 0 Å². The molecule has 0 fully saturated rings. The first-order valence-electron chi connectivity index (χ1n) is 4.42. The number of benzene rings is 1. The quantitative estimate of drug-likeness (QED) is 0.853. The largest absolute Gasteiger partial charge is 0.507 e. The molecule has 0 aromatic heterocycles. The van der Waals surface area contributed by atoms with Gasteiger partial charge in [0.05, 0.1) is 6.42 Å². The Kier molecular flexibility index (Phi) is 5.09. The van der Waals surface area contributed by atoms with Crippen LogP contribution >= 0.6 is 12.4 Å². The molecule has 1 rings (SSSR count). The molecule has 1 aromatic carbocycles. The maximum Gasteiger partial charge on any atom is 0.390 e. The average molecular weight is 256 g/mol. The zero-order valence-electron chi connectivity index (χ0n) is 8.58. The van der Waals surface area contributed by atoms with Crippen molar-refractivity contribution in [1.82, 2.24) is 0 Å². The second kappa shape index (κ2) is 5.41. The van der Waals surface area contributed by atoms with Gasteiger partial charge in [0.25, 0.3) is 0 Å². The van der Waals surface area contributed by atoms with Gasteiger partial charge < -0.3 is 10.8 Å². The van der Waals surface area contributed by atoms with Crippen molar-refractivity contribution in [2.45, 2.75) is 25.6 Å². The maximum atomic E-state index is 12.1. The van der Waals surface area contributed by atoms with E-state index in [0.29, 0.717) is 5.56 Å². The van der Waals surface area contributed by atoms with Crippen LogP contribution in [0.1, 0.15) is 23.6 Å². The smallest absolute Gasteiger partial charge is 0.390 e. The van der Waals surface area contributed by atoms with Gasteiger partial charge in [-0.2, -0.15) is 13.2 Å². The normalized spacial score (nSPS) is 13.1. The van der Waals surface area contributed by atoms with Crippen molar-refractivity contribution >= 4 is 12.4 Å². The monoisotopic (exact) mass is 255 g/mol. The Bertz CT molecular complexity index is 354. The first kappa shape index (κ1) is 15.1. The number of halogens is 4. The van der Waals surface area contributed by atoms with E-state index in [-0.39, 0.29) is 23.7 Å². The lowest BCUT2D eigenvalue weighted by Gasteiger charge is -2.16. The van der Waals surface area contributed by atoms with Gasteiger partial charge in [0.1, 0.15) is 5.75 Å². The minimum Gasteiger partial charge on any atom is -0.507 e. The number of alkyl halides is 3. The highest BCUT2D eigenvalue weighted by atomic mass is 35.5. The summed E-state index contributed by atoms with van der Waals surface area (Å²) in [5.41, 5.74) is 6.02. The predicted octanol–water partition coefficient (Wildman–Crippen LogP) is 3.07. The fourth-order valence-electron chi connectivity index (χ4n) is 1.34. The van der Waals surface area contributed by atoms with E-state index >= 15 is 0 Å². The highest BCUT2D eigenvalue weighted by Gasteiger charge is 2.31. The molecule has 0 heterocycles. The van der Waals surface area contributed by atoms with Crippen molar-refractivity contribution in [3.8, 4) is 5.75 Å². The van der Waals surface area contributed by atoms with Crippen LogP contribution in [-0.4, -0.2) is 11.3 Å². The SMILES string of the molecule is Cc1cccc([C@@H](N)CC(F)(F)F)c1O.Cl. The summed E-state index contributed by atoms with van der Waals surface area (Å²) < 4.78 is 36.2. The van der Waals surface area contributed by atoms with Crippen LogP contribution < -0.4 is 5.73 Å². The summed E-state index contributed by atoms with van der Waals surface area (Å²) in [5, 5.41) is 9.52. The molecule has 1 aromatic rings. The Morgan fingerprint density at radius 3 is 2.44 bits per heavy atom. The molecule has 16 heavy (non-hydrogen) atoms. The zero-order valence-corrected chi connectivity index (χ0v) is 9.40. The molecular weight excluding hydrogens is 243 g/mol. The van der Waals surface area contributed by atoms with Crippen molar-refractivity contribution in [3.63, 3.8) is 0 Å². The third kappa shape index (κ3) is 3.90. The number of phenols is 1. The Balaban J connectivity index is 0.00000225. The molecule has 1 atom stereocenters. The van der Waals surface area contributed by atoms with Gasteiger partial charge in [-0.25, -0.2) is 0 Å². The third-order valence-corrected chi connectivity index (χ3v) is 2.12. The van der Waals surface area contributed by atoms with Crippen LogP contribution in [0.3, 0.4) is 0 Å². The van der Waals surface area contributed by atoms with Crippen LogP contribution in [0.4, 0.5) is 13.2 Å². The average Bonchev–Trinajstić information content (AvgIpc) is 2.06. The highest BCUT2D eigenvalue weighted by molar-refractivity contribution is 5.85. The van der Waals surface area contributed by atoms with Crippen molar-refractivity contribution in [3.05, 3.63) is 29.3 Å². The van der Waals surface area contributed by atoms with Gasteiger partial charge in [-0.1, -0.05) is 18.2 Å². The standard InChI is InChI=1S/C10H12F3NO.ClH/c1-6-3-2-4-7(9(6)15)8(14)5-10(11,12)13;/h2-4,8,15H,5,14H2,1H3;1H/t8-;/m0./s1. The molecule has 0 aliphatic rings. The lowest BCUT2D eigenvalue weighted by atomic mass is 10.0. The number of aromatic hydroxyl groups is 1. The van der Waals surface area contributed by atoms with Crippen LogP contribution in [0.15, 0.2) is 18.2 Å². The molecule has 0 amide bonds. The van der Waals surface area contributed by atoms with Gasteiger partial charge in [-0.05, 0) is 12.5 Å². The number of hydrogen-bond donors (Lipinski definition) is 2. The van der Waals surface area contributed by atoms with Gasteiger partial charge in [-0.3, -0.25) is 0 Å². The van der Waals surface area contributed by atoms with E-state index in [1.54, 1.807) is 19.1 Å². The molecule has 0 radical (unpaired) electrons. The molecule has 0 aliphatic heterocycles. The molecule has 2 nitrogen and oxygen atoms in total. The summed E-state index contributed by atoms with van der Waals surface area (Å²) >= 11 is 0. The van der Waals surface area contributed by atoms with Crippen molar-refractivity contribution in [1.29, 1.82) is 0 Å². The Labute approximate surface area is 97.7 Å². The summed E-state index contributed by atoms with van der Waals surface area (Å²) in [6.45, 7) is 1.61. The molecule has 0 aliphatic carbocycles. The summed E-state index contributed by atoms with van der Waals surface area (Å²) in [6.07, 6.45) is -5.46. The van der Waals surface area contributed by atoms with E-state index in [9.17, 15) is 18.3 Å². The first-order chi connectivity index (χ1) is 6.81. The lowest BCUT2D eigenvalue weighted by Crippen LogP contribution is -2.20. The molecule has 0 saturated carbocycles. The molecule has 92 valence electrons. The van der Waals surface area contributed by atoms with E-state index in [0.717, 1.165) is 0 Å². The Morgan fingerprint density at radius 1 is 1.38 bits per heavy atom. The fraction of sp³-hybridized carbons (Fsp3) is 0.400. The van der Waals surface area contributed by atoms with Crippen LogP contribution in [0.25, 0.3) is 0 Å². The van der Waals surface area contributed by atoms with E-state index in [4.69, 9.17) is 5.73 Å². The van der Waals surface area contributed by atoms with Crippen LogP contribution in [0, 0.1) is 6.92 Å². The lowest BCUT2D eigenvalue weighted by molar-refractivity contribution is -0.138. The summed E-state index contributed by atoms with van der Waals surface area (Å²) in [6, 6.07) is 3.36. The molecule has 6 heteroatoms. The Hall–Kier alpha value is -0.940. The van der Waals surface area contributed by atoms with E-state index in [1.165, 1.54) is 6.07 Å². The number of aryl methyl sites for hydroxylation is 1.